The molecule has 0 atom stereocenters. The van der Waals surface area contributed by atoms with Gasteiger partial charge < -0.3 is 24.0 Å². The number of piperidine rings is 1. The SMILES string of the molecule is COc1ccc(CN2Cc3cc(OC(CF)CF)ccc3N(C3CCN(C(C)=O)CC3)C2)cc1OC. The van der Waals surface area contributed by atoms with Gasteiger partial charge in [-0.1, -0.05) is 6.07 Å². The van der Waals surface area contributed by atoms with Crippen LogP contribution < -0.4 is 19.1 Å². The number of benzene rings is 2. The number of nitrogens with zero attached hydrogens (tertiary/aromatic N) is 3. The van der Waals surface area contributed by atoms with E-state index < -0.39 is 19.5 Å². The van der Waals surface area contributed by atoms with Crippen LogP contribution in [0.25, 0.3) is 0 Å². The summed E-state index contributed by atoms with van der Waals surface area (Å²) in [5, 5.41) is 0. The first kappa shape index (κ1) is 26.0. The van der Waals surface area contributed by atoms with Gasteiger partial charge in [0, 0.05) is 44.8 Å². The van der Waals surface area contributed by atoms with E-state index in [4.69, 9.17) is 14.2 Å². The van der Waals surface area contributed by atoms with E-state index >= 15 is 0 Å². The van der Waals surface area contributed by atoms with Crippen molar-refractivity contribution >= 4 is 11.6 Å². The zero-order chi connectivity index (χ0) is 25.7. The molecule has 7 nitrogen and oxygen atoms in total. The second kappa shape index (κ2) is 11.8. The van der Waals surface area contributed by atoms with Crippen molar-refractivity contribution in [1.29, 1.82) is 0 Å². The Bertz CT molecular complexity index is 1040. The summed E-state index contributed by atoms with van der Waals surface area (Å²) < 4.78 is 42.5. The van der Waals surface area contributed by atoms with Crippen molar-refractivity contribution in [1.82, 2.24) is 9.80 Å². The monoisotopic (exact) mass is 503 g/mol. The molecular weight excluding hydrogens is 468 g/mol. The molecule has 36 heavy (non-hydrogen) atoms. The molecule has 1 amide bonds. The summed E-state index contributed by atoms with van der Waals surface area (Å²) in [5.74, 6) is 1.94. The molecule has 4 rings (SSSR count). The molecule has 0 saturated carbocycles. The number of halogens is 2. The number of methoxy groups -OCH3 is 2. The lowest BCUT2D eigenvalue weighted by molar-refractivity contribution is -0.129. The molecule has 0 spiro atoms. The van der Waals surface area contributed by atoms with Crippen LogP contribution in [-0.4, -0.2) is 75.2 Å². The molecule has 2 aromatic rings. The van der Waals surface area contributed by atoms with Gasteiger partial charge in [-0.15, -0.1) is 0 Å². The van der Waals surface area contributed by atoms with Gasteiger partial charge in [0.05, 0.1) is 20.9 Å². The highest BCUT2D eigenvalue weighted by Gasteiger charge is 2.31. The summed E-state index contributed by atoms with van der Waals surface area (Å²) >= 11 is 0. The average molecular weight is 504 g/mol. The third kappa shape index (κ3) is 5.83. The summed E-state index contributed by atoms with van der Waals surface area (Å²) in [4.78, 5) is 18.4. The Hall–Kier alpha value is -3.07. The summed E-state index contributed by atoms with van der Waals surface area (Å²) in [6, 6.07) is 11.9. The van der Waals surface area contributed by atoms with Crippen LogP contribution in [0.15, 0.2) is 36.4 Å². The largest absolute Gasteiger partial charge is 0.493 e. The molecule has 2 heterocycles. The minimum absolute atomic E-state index is 0.111. The van der Waals surface area contributed by atoms with Crippen LogP contribution in [0.3, 0.4) is 0 Å². The molecular formula is C27H35F2N3O4. The normalized spacial score (nSPS) is 16.7. The highest BCUT2D eigenvalue weighted by Crippen LogP contribution is 2.36. The topological polar surface area (TPSA) is 54.5 Å². The van der Waals surface area contributed by atoms with Crippen LogP contribution >= 0.6 is 0 Å². The maximum atomic E-state index is 13.1. The zero-order valence-electron chi connectivity index (χ0n) is 21.2. The molecule has 0 N–H and O–H groups in total. The molecule has 0 unspecified atom stereocenters. The van der Waals surface area contributed by atoms with Crippen molar-refractivity contribution < 1.29 is 27.8 Å². The Labute approximate surface area is 211 Å². The lowest BCUT2D eigenvalue weighted by Gasteiger charge is -2.45. The van der Waals surface area contributed by atoms with Gasteiger partial charge >= 0.3 is 0 Å². The third-order valence-electron chi connectivity index (χ3n) is 6.96. The fourth-order valence-corrected chi connectivity index (χ4v) is 5.07. The number of amides is 1. The zero-order valence-corrected chi connectivity index (χ0v) is 21.2. The van der Waals surface area contributed by atoms with Gasteiger partial charge in [-0.05, 0) is 54.3 Å². The molecule has 9 heteroatoms. The van der Waals surface area contributed by atoms with Crippen LogP contribution in [0.2, 0.25) is 0 Å². The van der Waals surface area contributed by atoms with Crippen molar-refractivity contribution in [3.05, 3.63) is 47.5 Å². The number of anilines is 1. The minimum atomic E-state index is -1.10. The minimum Gasteiger partial charge on any atom is -0.493 e. The fraction of sp³-hybridized carbons (Fsp3) is 0.519. The fourth-order valence-electron chi connectivity index (χ4n) is 5.07. The van der Waals surface area contributed by atoms with Gasteiger partial charge in [-0.3, -0.25) is 9.69 Å². The second-order valence-electron chi connectivity index (χ2n) is 9.36. The number of alkyl halides is 2. The van der Waals surface area contributed by atoms with Crippen molar-refractivity contribution in [2.24, 2.45) is 0 Å². The van der Waals surface area contributed by atoms with Gasteiger partial charge in [-0.2, -0.15) is 0 Å². The van der Waals surface area contributed by atoms with Gasteiger partial charge in [0.25, 0.3) is 0 Å². The number of hydrogen-bond donors (Lipinski definition) is 0. The van der Waals surface area contributed by atoms with Crippen molar-refractivity contribution in [2.45, 2.75) is 45.0 Å². The third-order valence-corrected chi connectivity index (χ3v) is 6.96. The number of carbonyl (C=O) groups is 1. The highest BCUT2D eigenvalue weighted by molar-refractivity contribution is 5.73. The summed E-state index contributed by atoms with van der Waals surface area (Å²) in [5.41, 5.74) is 3.23. The van der Waals surface area contributed by atoms with E-state index in [1.54, 1.807) is 27.2 Å². The van der Waals surface area contributed by atoms with E-state index in [1.165, 1.54) is 0 Å². The number of ether oxygens (including phenoxy) is 3. The van der Waals surface area contributed by atoms with Gasteiger partial charge in [0.1, 0.15) is 19.1 Å². The van der Waals surface area contributed by atoms with E-state index in [9.17, 15) is 13.6 Å². The summed E-state index contributed by atoms with van der Waals surface area (Å²) in [7, 11) is 3.24. The number of likely N-dealkylation sites (tertiary alicyclic amines) is 1. The molecule has 1 fully saturated rings. The Morgan fingerprint density at radius 1 is 1.03 bits per heavy atom. The molecule has 196 valence electrons. The summed E-state index contributed by atoms with van der Waals surface area (Å²) in [6.07, 6.45) is 0.669. The molecule has 0 radical (unpaired) electrons. The van der Waals surface area contributed by atoms with Crippen molar-refractivity contribution in [2.75, 3.05) is 52.2 Å². The Balaban J connectivity index is 1.59. The molecule has 2 aliphatic heterocycles. The lowest BCUT2D eigenvalue weighted by Crippen LogP contribution is -2.51. The highest BCUT2D eigenvalue weighted by atomic mass is 19.1. The number of rotatable bonds is 9. The second-order valence-corrected chi connectivity index (χ2v) is 9.36. The maximum absolute atomic E-state index is 13.1. The molecule has 2 aliphatic rings. The molecule has 0 aliphatic carbocycles. The van der Waals surface area contributed by atoms with E-state index in [1.807, 2.05) is 35.2 Å². The van der Waals surface area contributed by atoms with E-state index in [-0.39, 0.29) is 11.9 Å². The Kier molecular flexibility index (Phi) is 8.51. The predicted molar refractivity (Wildman–Crippen MR) is 134 cm³/mol. The molecule has 1 saturated heterocycles. The quantitative estimate of drug-likeness (QED) is 0.512. The predicted octanol–water partition coefficient (Wildman–Crippen LogP) is 4.18. The van der Waals surface area contributed by atoms with Crippen molar-refractivity contribution in [3.63, 3.8) is 0 Å². The van der Waals surface area contributed by atoms with E-state index in [0.29, 0.717) is 30.3 Å². The van der Waals surface area contributed by atoms with E-state index in [0.717, 1.165) is 49.4 Å². The maximum Gasteiger partial charge on any atom is 0.219 e. The van der Waals surface area contributed by atoms with E-state index in [2.05, 4.69) is 9.80 Å². The van der Waals surface area contributed by atoms with Crippen LogP contribution in [0, 0.1) is 0 Å². The van der Waals surface area contributed by atoms with Crippen LogP contribution in [0.1, 0.15) is 30.9 Å². The first-order valence-electron chi connectivity index (χ1n) is 12.3. The van der Waals surface area contributed by atoms with Crippen LogP contribution in [0.5, 0.6) is 17.2 Å². The van der Waals surface area contributed by atoms with Gasteiger partial charge in [0.2, 0.25) is 5.91 Å². The Morgan fingerprint density at radius 3 is 2.39 bits per heavy atom. The smallest absolute Gasteiger partial charge is 0.219 e. The van der Waals surface area contributed by atoms with Crippen molar-refractivity contribution in [3.8, 4) is 17.2 Å². The first-order valence-corrected chi connectivity index (χ1v) is 12.3. The number of fused-ring (bicyclic) bond motifs is 1. The lowest BCUT2D eigenvalue weighted by atomic mass is 9.99. The number of hydrogen-bond acceptors (Lipinski definition) is 6. The van der Waals surface area contributed by atoms with Crippen LogP contribution in [-0.2, 0) is 17.9 Å². The van der Waals surface area contributed by atoms with Gasteiger partial charge in [-0.25, -0.2) is 8.78 Å². The first-order chi connectivity index (χ1) is 17.4. The Morgan fingerprint density at radius 2 is 1.75 bits per heavy atom. The molecule has 0 aromatic heterocycles. The number of carbonyl (C=O) groups excluding carboxylic acids is 1. The van der Waals surface area contributed by atoms with Gasteiger partial charge in [0.15, 0.2) is 17.6 Å². The van der Waals surface area contributed by atoms with Crippen LogP contribution in [0.4, 0.5) is 14.5 Å². The molecule has 2 aromatic carbocycles. The average Bonchev–Trinajstić information content (AvgIpc) is 2.91. The summed E-state index contributed by atoms with van der Waals surface area (Å²) in [6.45, 7) is 3.41. The molecule has 0 bridgehead atoms. The standard InChI is InChI=1S/C27H35F2N3O4/c1-19(33)31-10-8-22(9-11-31)32-18-30(16-20-4-7-26(34-2)27(12-20)35-3)17-21-13-23(5-6-25(21)32)36-24(14-28)15-29/h4-7,12-13,22,24H,8-11,14-18H2,1-3H3.